The van der Waals surface area contributed by atoms with Crippen LogP contribution in [-0.2, 0) is 0 Å². The average molecular weight is 192 g/mol. The number of rotatable bonds is 3. The van der Waals surface area contributed by atoms with Crippen LogP contribution in [0, 0.1) is 6.92 Å². The van der Waals surface area contributed by atoms with Gasteiger partial charge in [-0.2, -0.15) is 0 Å². The van der Waals surface area contributed by atoms with E-state index in [1.54, 1.807) is 0 Å². The van der Waals surface area contributed by atoms with Crippen molar-refractivity contribution in [2.24, 2.45) is 0 Å². The molecule has 78 valence electrons. The normalized spacial score (nSPS) is 13.3. The van der Waals surface area contributed by atoms with Gasteiger partial charge < -0.3 is 5.11 Å². The lowest BCUT2D eigenvalue weighted by molar-refractivity contribution is 0.273. The summed E-state index contributed by atoms with van der Waals surface area (Å²) in [7, 11) is 0. The molecule has 0 aliphatic rings. The highest BCUT2D eigenvalue weighted by atomic mass is 16.3. The first-order valence-corrected chi connectivity index (χ1v) is 5.27. The molecular weight excluding hydrogens is 172 g/mol. The van der Waals surface area contributed by atoms with Gasteiger partial charge in [0.2, 0.25) is 0 Å². The minimum atomic E-state index is 0.223. The molecule has 1 aromatic rings. The number of hydrogen-bond donors (Lipinski definition) is 1. The second-order valence-electron chi connectivity index (χ2n) is 4.35. The van der Waals surface area contributed by atoms with Crippen LogP contribution in [0.5, 0.6) is 0 Å². The van der Waals surface area contributed by atoms with Gasteiger partial charge in [-0.05, 0) is 29.5 Å². The number of benzene rings is 1. The molecule has 0 amide bonds. The van der Waals surface area contributed by atoms with Crippen LogP contribution in [0.15, 0.2) is 18.2 Å². The van der Waals surface area contributed by atoms with E-state index in [1.807, 2.05) is 6.92 Å². The topological polar surface area (TPSA) is 20.2 Å². The van der Waals surface area contributed by atoms with Gasteiger partial charge in [-0.25, -0.2) is 0 Å². The van der Waals surface area contributed by atoms with Crippen molar-refractivity contribution in [3.63, 3.8) is 0 Å². The zero-order valence-corrected chi connectivity index (χ0v) is 9.54. The molecule has 0 bridgehead atoms. The molecule has 1 aromatic carbocycles. The summed E-state index contributed by atoms with van der Waals surface area (Å²) in [6.45, 7) is 8.82. The van der Waals surface area contributed by atoms with Crippen molar-refractivity contribution in [1.29, 1.82) is 0 Å². The van der Waals surface area contributed by atoms with Crippen LogP contribution in [0.1, 0.15) is 49.3 Å². The molecule has 0 aromatic heterocycles. The quantitative estimate of drug-likeness (QED) is 0.779. The predicted octanol–water partition coefficient (Wildman–Crippen LogP) is 3.21. The van der Waals surface area contributed by atoms with Gasteiger partial charge in [0.15, 0.2) is 0 Å². The molecule has 0 aliphatic heterocycles. The summed E-state index contributed by atoms with van der Waals surface area (Å²) in [5.41, 5.74) is 3.96. The molecule has 1 atom stereocenters. The maximum Gasteiger partial charge on any atom is 0.0497 e. The van der Waals surface area contributed by atoms with Gasteiger partial charge in [-0.15, -0.1) is 0 Å². The second-order valence-corrected chi connectivity index (χ2v) is 4.35. The fraction of sp³-hybridized carbons (Fsp3) is 0.538. The van der Waals surface area contributed by atoms with Crippen LogP contribution < -0.4 is 0 Å². The Morgan fingerprint density at radius 1 is 1.21 bits per heavy atom. The van der Waals surface area contributed by atoms with Gasteiger partial charge in [-0.1, -0.05) is 39.0 Å². The van der Waals surface area contributed by atoms with Gasteiger partial charge in [0, 0.05) is 12.5 Å². The summed E-state index contributed by atoms with van der Waals surface area (Å²) in [5, 5.41) is 9.06. The van der Waals surface area contributed by atoms with Crippen molar-refractivity contribution in [2.75, 3.05) is 6.61 Å². The van der Waals surface area contributed by atoms with Gasteiger partial charge in [0.1, 0.15) is 0 Å². The average Bonchev–Trinajstić information content (AvgIpc) is 2.15. The Morgan fingerprint density at radius 2 is 1.86 bits per heavy atom. The van der Waals surface area contributed by atoms with E-state index < -0.39 is 0 Å². The van der Waals surface area contributed by atoms with Crippen molar-refractivity contribution >= 4 is 0 Å². The number of hydrogen-bond acceptors (Lipinski definition) is 1. The zero-order chi connectivity index (χ0) is 10.7. The van der Waals surface area contributed by atoms with E-state index >= 15 is 0 Å². The summed E-state index contributed by atoms with van der Waals surface area (Å²) in [6.07, 6.45) is 0. The van der Waals surface area contributed by atoms with Crippen molar-refractivity contribution in [3.05, 3.63) is 34.9 Å². The molecule has 14 heavy (non-hydrogen) atoms. The second kappa shape index (κ2) is 4.61. The van der Waals surface area contributed by atoms with Crippen LogP contribution >= 0.6 is 0 Å². The maximum atomic E-state index is 9.06. The molecule has 0 heterocycles. The summed E-state index contributed by atoms with van der Waals surface area (Å²) in [6, 6.07) is 6.50. The number of aryl methyl sites for hydroxylation is 1. The maximum absolute atomic E-state index is 9.06. The Bertz CT molecular complexity index is 302. The molecule has 0 spiro atoms. The van der Waals surface area contributed by atoms with E-state index in [2.05, 4.69) is 39.0 Å². The molecule has 0 aliphatic carbocycles. The first-order valence-electron chi connectivity index (χ1n) is 5.27. The zero-order valence-electron chi connectivity index (χ0n) is 9.54. The lowest BCUT2D eigenvalue weighted by atomic mass is 9.92. The Hall–Kier alpha value is -0.820. The largest absolute Gasteiger partial charge is 0.396 e. The van der Waals surface area contributed by atoms with Crippen LogP contribution in [0.2, 0.25) is 0 Å². The van der Waals surface area contributed by atoms with E-state index in [4.69, 9.17) is 5.11 Å². The Balaban J connectivity index is 3.00. The fourth-order valence-electron chi connectivity index (χ4n) is 1.76. The minimum Gasteiger partial charge on any atom is -0.396 e. The Labute approximate surface area is 86.8 Å². The number of aliphatic hydroxyl groups excluding tert-OH is 1. The van der Waals surface area contributed by atoms with Crippen LogP contribution in [0.3, 0.4) is 0 Å². The van der Waals surface area contributed by atoms with Gasteiger partial charge in [0.05, 0.1) is 0 Å². The first-order chi connectivity index (χ1) is 6.56. The molecule has 1 unspecified atom stereocenters. The lowest BCUT2D eigenvalue weighted by Crippen LogP contribution is -2.01. The highest BCUT2D eigenvalue weighted by Crippen LogP contribution is 2.23. The van der Waals surface area contributed by atoms with E-state index in [0.29, 0.717) is 5.92 Å². The molecule has 1 nitrogen and oxygen atoms in total. The van der Waals surface area contributed by atoms with Crippen molar-refractivity contribution in [3.8, 4) is 0 Å². The molecule has 0 radical (unpaired) electrons. The third-order valence-electron chi connectivity index (χ3n) is 2.76. The predicted molar refractivity (Wildman–Crippen MR) is 60.8 cm³/mol. The molecule has 0 saturated heterocycles. The Kier molecular flexibility index (Phi) is 3.70. The first kappa shape index (κ1) is 11.3. The highest BCUT2D eigenvalue weighted by molar-refractivity contribution is 5.34. The summed E-state index contributed by atoms with van der Waals surface area (Å²) in [5.74, 6) is 0.823. The summed E-state index contributed by atoms with van der Waals surface area (Å²) >= 11 is 0. The van der Waals surface area contributed by atoms with E-state index in [9.17, 15) is 0 Å². The van der Waals surface area contributed by atoms with E-state index in [-0.39, 0.29) is 12.5 Å². The van der Waals surface area contributed by atoms with E-state index in [1.165, 1.54) is 16.7 Å². The molecule has 0 saturated carbocycles. The highest BCUT2D eigenvalue weighted by Gasteiger charge is 2.07. The molecule has 1 heteroatoms. The molecule has 1 rings (SSSR count). The van der Waals surface area contributed by atoms with Crippen LogP contribution in [-0.4, -0.2) is 11.7 Å². The fourth-order valence-corrected chi connectivity index (χ4v) is 1.76. The smallest absolute Gasteiger partial charge is 0.0497 e. The van der Waals surface area contributed by atoms with Gasteiger partial charge in [0.25, 0.3) is 0 Å². The molecular formula is C13H20O. The SMILES string of the molecule is Cc1cc(C(C)CO)ccc1C(C)C. The summed E-state index contributed by atoms with van der Waals surface area (Å²) < 4.78 is 0. The Morgan fingerprint density at radius 3 is 2.29 bits per heavy atom. The monoisotopic (exact) mass is 192 g/mol. The molecule has 1 N–H and O–H groups in total. The molecule has 0 fully saturated rings. The van der Waals surface area contributed by atoms with Gasteiger partial charge >= 0.3 is 0 Å². The van der Waals surface area contributed by atoms with Gasteiger partial charge in [-0.3, -0.25) is 0 Å². The standard InChI is InChI=1S/C13H20O/c1-9(2)13-6-5-12(7-10(13)3)11(4)8-14/h5-7,9,11,14H,8H2,1-4H3. The van der Waals surface area contributed by atoms with Crippen LogP contribution in [0.4, 0.5) is 0 Å². The third-order valence-corrected chi connectivity index (χ3v) is 2.76. The number of aliphatic hydroxyl groups is 1. The van der Waals surface area contributed by atoms with Crippen molar-refractivity contribution < 1.29 is 5.11 Å². The third kappa shape index (κ3) is 2.36. The summed E-state index contributed by atoms with van der Waals surface area (Å²) in [4.78, 5) is 0. The minimum absolute atomic E-state index is 0.223. The van der Waals surface area contributed by atoms with E-state index in [0.717, 1.165) is 0 Å². The van der Waals surface area contributed by atoms with Crippen molar-refractivity contribution in [1.82, 2.24) is 0 Å². The lowest BCUT2D eigenvalue weighted by Gasteiger charge is -2.14. The van der Waals surface area contributed by atoms with Crippen LogP contribution in [0.25, 0.3) is 0 Å². The van der Waals surface area contributed by atoms with Crippen molar-refractivity contribution in [2.45, 2.75) is 39.5 Å².